The Balaban J connectivity index is 1.71. The van der Waals surface area contributed by atoms with Crippen LogP contribution in [0.1, 0.15) is 48.0 Å². The Bertz CT molecular complexity index is 952. The zero-order chi connectivity index (χ0) is 20.3. The topological polar surface area (TPSA) is 66.5 Å². The van der Waals surface area contributed by atoms with Gasteiger partial charge in [-0.05, 0) is 84.3 Å². The van der Waals surface area contributed by atoms with Crippen LogP contribution in [-0.2, 0) is 10.0 Å². The van der Waals surface area contributed by atoms with E-state index in [1.54, 1.807) is 37.4 Å². The van der Waals surface area contributed by atoms with Crippen molar-refractivity contribution in [3.05, 3.63) is 57.2 Å². The zero-order valence-electron chi connectivity index (χ0n) is 16.1. The van der Waals surface area contributed by atoms with Crippen LogP contribution in [-0.4, -0.2) is 31.7 Å². The molecule has 0 heterocycles. The second-order valence-corrected chi connectivity index (χ2v) is 10.4. The Kier molecular flexibility index (Phi) is 6.77. The van der Waals surface area contributed by atoms with E-state index in [0.29, 0.717) is 11.3 Å². The van der Waals surface area contributed by atoms with E-state index >= 15 is 0 Å². The normalized spacial score (nSPS) is 15.6. The van der Waals surface area contributed by atoms with Crippen LogP contribution in [0, 0.1) is 10.5 Å². The number of benzene rings is 2. The van der Waals surface area contributed by atoms with Crippen molar-refractivity contribution in [2.45, 2.75) is 50.0 Å². The molecule has 1 amide bonds. The van der Waals surface area contributed by atoms with Crippen molar-refractivity contribution in [3.8, 4) is 0 Å². The van der Waals surface area contributed by atoms with Crippen molar-refractivity contribution in [1.82, 2.24) is 4.31 Å². The van der Waals surface area contributed by atoms with Gasteiger partial charge in [-0.15, -0.1) is 0 Å². The van der Waals surface area contributed by atoms with Crippen LogP contribution in [0.4, 0.5) is 5.69 Å². The van der Waals surface area contributed by atoms with Crippen molar-refractivity contribution in [1.29, 1.82) is 0 Å². The summed E-state index contributed by atoms with van der Waals surface area (Å²) in [6.45, 7) is 1.99. The summed E-state index contributed by atoms with van der Waals surface area (Å²) < 4.78 is 28.3. The maximum Gasteiger partial charge on any atom is 0.255 e. The fourth-order valence-electron chi connectivity index (χ4n) is 3.45. The minimum absolute atomic E-state index is 0.0714. The highest BCUT2D eigenvalue weighted by Crippen LogP contribution is 2.27. The van der Waals surface area contributed by atoms with E-state index in [9.17, 15) is 13.2 Å². The predicted octanol–water partition coefficient (Wildman–Crippen LogP) is 4.81. The Labute approximate surface area is 180 Å². The Morgan fingerprint density at radius 3 is 2.32 bits per heavy atom. The highest BCUT2D eigenvalue weighted by atomic mass is 127. The summed E-state index contributed by atoms with van der Waals surface area (Å²) in [4.78, 5) is 12.7. The molecule has 1 N–H and O–H groups in total. The maximum atomic E-state index is 12.9. The molecule has 5 nitrogen and oxygen atoms in total. The van der Waals surface area contributed by atoms with Crippen LogP contribution in [0.2, 0.25) is 0 Å². The van der Waals surface area contributed by atoms with Gasteiger partial charge in [0.15, 0.2) is 0 Å². The molecular weight excluding hydrogens is 487 g/mol. The van der Waals surface area contributed by atoms with Gasteiger partial charge in [-0.25, -0.2) is 8.42 Å². The third kappa shape index (κ3) is 4.75. The Morgan fingerprint density at radius 2 is 1.71 bits per heavy atom. The first-order chi connectivity index (χ1) is 13.3. The van der Waals surface area contributed by atoms with Crippen molar-refractivity contribution in [2.75, 3.05) is 12.4 Å². The molecule has 0 spiro atoms. The lowest BCUT2D eigenvalue weighted by Crippen LogP contribution is -2.38. The first-order valence-corrected chi connectivity index (χ1v) is 12.0. The van der Waals surface area contributed by atoms with Gasteiger partial charge in [-0.2, -0.15) is 4.31 Å². The van der Waals surface area contributed by atoms with Gasteiger partial charge in [0.05, 0.1) is 4.90 Å². The van der Waals surface area contributed by atoms with Gasteiger partial charge in [-0.1, -0.05) is 25.3 Å². The number of hydrogen-bond donors (Lipinski definition) is 1. The lowest BCUT2D eigenvalue weighted by Gasteiger charge is -2.30. The van der Waals surface area contributed by atoms with Gasteiger partial charge in [0, 0.05) is 27.9 Å². The summed E-state index contributed by atoms with van der Waals surface area (Å²) in [5, 5.41) is 2.83. The fourth-order valence-corrected chi connectivity index (χ4v) is 5.39. The minimum atomic E-state index is -3.53. The Hall–Kier alpha value is -1.45. The zero-order valence-corrected chi connectivity index (χ0v) is 19.1. The molecule has 0 unspecified atom stereocenters. The molecular formula is C21H25IN2O3S. The third-order valence-corrected chi connectivity index (χ3v) is 8.40. The molecule has 1 fully saturated rings. The SMILES string of the molecule is Cc1ccc(C(=O)Nc2ccc(S(=O)(=O)N(C)C3CCCCC3)cc2)cc1I. The molecule has 0 bridgehead atoms. The molecule has 1 aliphatic carbocycles. The molecule has 0 radical (unpaired) electrons. The standard InChI is InChI=1S/C21H25IN2O3S/c1-15-8-9-16(14-20(15)22)21(25)23-17-10-12-19(13-11-17)28(26,27)24(2)18-6-4-3-5-7-18/h8-14,18H,3-7H2,1-2H3,(H,23,25). The molecule has 0 atom stereocenters. The molecule has 28 heavy (non-hydrogen) atoms. The summed E-state index contributed by atoms with van der Waals surface area (Å²) in [6.07, 6.45) is 5.16. The molecule has 3 rings (SSSR count). The number of carbonyl (C=O) groups is 1. The molecule has 1 saturated carbocycles. The number of sulfonamides is 1. The first-order valence-electron chi connectivity index (χ1n) is 9.44. The predicted molar refractivity (Wildman–Crippen MR) is 120 cm³/mol. The summed E-state index contributed by atoms with van der Waals surface area (Å²) in [5.41, 5.74) is 2.26. The Morgan fingerprint density at radius 1 is 1.07 bits per heavy atom. The number of hydrogen-bond acceptors (Lipinski definition) is 3. The van der Waals surface area contributed by atoms with Crippen molar-refractivity contribution in [3.63, 3.8) is 0 Å². The highest BCUT2D eigenvalue weighted by molar-refractivity contribution is 14.1. The van der Waals surface area contributed by atoms with E-state index in [1.807, 2.05) is 19.1 Å². The highest BCUT2D eigenvalue weighted by Gasteiger charge is 2.28. The second-order valence-electron chi connectivity index (χ2n) is 7.26. The monoisotopic (exact) mass is 512 g/mol. The number of nitrogens with one attached hydrogen (secondary N) is 1. The molecule has 0 saturated heterocycles. The second kappa shape index (κ2) is 8.92. The van der Waals surface area contributed by atoms with Crippen LogP contribution < -0.4 is 5.32 Å². The van der Waals surface area contributed by atoms with Crippen LogP contribution in [0.15, 0.2) is 47.4 Å². The summed E-state index contributed by atoms with van der Waals surface area (Å²) in [7, 11) is -1.86. The number of anilines is 1. The van der Waals surface area contributed by atoms with Gasteiger partial charge >= 0.3 is 0 Å². The summed E-state index contributed by atoms with van der Waals surface area (Å²) >= 11 is 2.20. The number of halogens is 1. The minimum Gasteiger partial charge on any atom is -0.322 e. The van der Waals surface area contributed by atoms with Crippen LogP contribution in [0.5, 0.6) is 0 Å². The van der Waals surface area contributed by atoms with E-state index in [2.05, 4.69) is 27.9 Å². The van der Waals surface area contributed by atoms with Gasteiger partial charge in [-0.3, -0.25) is 4.79 Å². The van der Waals surface area contributed by atoms with Crippen molar-refractivity contribution in [2.24, 2.45) is 0 Å². The number of nitrogens with zero attached hydrogens (tertiary/aromatic N) is 1. The van der Waals surface area contributed by atoms with E-state index in [1.165, 1.54) is 10.7 Å². The van der Waals surface area contributed by atoms with Crippen molar-refractivity contribution >= 4 is 44.2 Å². The van der Waals surface area contributed by atoms with Crippen LogP contribution in [0.3, 0.4) is 0 Å². The van der Waals surface area contributed by atoms with Gasteiger partial charge < -0.3 is 5.32 Å². The van der Waals surface area contributed by atoms with E-state index in [4.69, 9.17) is 0 Å². The van der Waals surface area contributed by atoms with Gasteiger partial charge in [0.2, 0.25) is 10.0 Å². The van der Waals surface area contributed by atoms with Gasteiger partial charge in [0.1, 0.15) is 0 Å². The van der Waals surface area contributed by atoms with Crippen LogP contribution in [0.25, 0.3) is 0 Å². The number of rotatable bonds is 5. The number of carbonyl (C=O) groups excluding carboxylic acids is 1. The lowest BCUT2D eigenvalue weighted by molar-refractivity contribution is 0.102. The molecule has 2 aromatic rings. The van der Waals surface area contributed by atoms with Crippen LogP contribution >= 0.6 is 22.6 Å². The molecule has 1 aliphatic rings. The molecule has 0 aromatic heterocycles. The molecule has 7 heteroatoms. The quantitative estimate of drug-likeness (QED) is 0.586. The maximum absolute atomic E-state index is 12.9. The lowest BCUT2D eigenvalue weighted by atomic mass is 9.96. The average Bonchev–Trinajstić information content (AvgIpc) is 2.70. The fraction of sp³-hybridized carbons (Fsp3) is 0.381. The number of amides is 1. The smallest absolute Gasteiger partial charge is 0.255 e. The van der Waals surface area contributed by atoms with E-state index < -0.39 is 10.0 Å². The first kappa shape index (κ1) is 21.3. The van der Waals surface area contributed by atoms with Gasteiger partial charge in [0.25, 0.3) is 5.91 Å². The average molecular weight is 512 g/mol. The van der Waals surface area contributed by atoms with Crippen molar-refractivity contribution < 1.29 is 13.2 Å². The molecule has 0 aliphatic heterocycles. The van der Waals surface area contributed by atoms with E-state index in [0.717, 1.165) is 34.8 Å². The van der Waals surface area contributed by atoms with E-state index in [-0.39, 0.29) is 16.8 Å². The summed E-state index contributed by atoms with van der Waals surface area (Å²) in [6, 6.07) is 12.0. The molecule has 150 valence electrons. The number of aryl methyl sites for hydroxylation is 1. The largest absolute Gasteiger partial charge is 0.322 e. The molecule has 2 aromatic carbocycles. The summed E-state index contributed by atoms with van der Waals surface area (Å²) in [5.74, 6) is -0.215. The third-order valence-electron chi connectivity index (χ3n) is 5.31.